The van der Waals surface area contributed by atoms with Crippen LogP contribution in [0.15, 0.2) is 54.9 Å². The quantitative estimate of drug-likeness (QED) is 0.554. The Balaban J connectivity index is 1.93. The molecule has 0 saturated heterocycles. The fourth-order valence-corrected chi connectivity index (χ4v) is 2.83. The Bertz CT molecular complexity index is 1020. The van der Waals surface area contributed by atoms with Crippen molar-refractivity contribution in [3.05, 3.63) is 71.5 Å². The average Bonchev–Trinajstić information content (AvgIpc) is 3.14. The molecular formula is C17H10ClF2N3. The van der Waals surface area contributed by atoms with Gasteiger partial charge < -0.3 is 4.98 Å². The molecule has 6 heteroatoms. The molecule has 3 nitrogen and oxygen atoms in total. The maximum absolute atomic E-state index is 13.6. The second kappa shape index (κ2) is 5.21. The van der Waals surface area contributed by atoms with Gasteiger partial charge in [0, 0.05) is 28.2 Å². The molecule has 23 heavy (non-hydrogen) atoms. The molecule has 2 aromatic carbocycles. The van der Waals surface area contributed by atoms with Crippen LogP contribution in [-0.4, -0.2) is 14.8 Å². The van der Waals surface area contributed by atoms with Crippen LogP contribution in [0.1, 0.15) is 0 Å². The molecule has 0 bridgehead atoms. The van der Waals surface area contributed by atoms with Crippen LogP contribution < -0.4 is 0 Å². The number of aromatic amines is 1. The van der Waals surface area contributed by atoms with E-state index < -0.39 is 11.6 Å². The van der Waals surface area contributed by atoms with Crippen molar-refractivity contribution in [3.8, 4) is 16.9 Å². The van der Waals surface area contributed by atoms with Crippen LogP contribution in [0.5, 0.6) is 0 Å². The molecule has 2 aromatic heterocycles. The van der Waals surface area contributed by atoms with Crippen LogP contribution in [-0.2, 0) is 0 Å². The van der Waals surface area contributed by atoms with Gasteiger partial charge in [0.05, 0.1) is 23.1 Å². The molecule has 1 N–H and O–H groups in total. The number of aromatic nitrogens is 3. The first-order chi connectivity index (χ1) is 11.1. The number of rotatable bonds is 2. The summed E-state index contributed by atoms with van der Waals surface area (Å²) in [7, 11) is 0. The van der Waals surface area contributed by atoms with Gasteiger partial charge >= 0.3 is 0 Å². The highest BCUT2D eigenvalue weighted by Crippen LogP contribution is 2.29. The molecule has 0 spiro atoms. The monoisotopic (exact) mass is 329 g/mol. The fourth-order valence-electron chi connectivity index (χ4n) is 2.64. The van der Waals surface area contributed by atoms with Gasteiger partial charge in [-0.25, -0.2) is 13.5 Å². The lowest BCUT2D eigenvalue weighted by Crippen LogP contribution is -1.98. The number of fused-ring (bicyclic) bond motifs is 1. The largest absolute Gasteiger partial charge is 0.359 e. The topological polar surface area (TPSA) is 33.6 Å². The van der Waals surface area contributed by atoms with Crippen molar-refractivity contribution in [2.24, 2.45) is 0 Å². The van der Waals surface area contributed by atoms with Gasteiger partial charge in [-0.1, -0.05) is 23.7 Å². The number of hydrogen-bond acceptors (Lipinski definition) is 1. The maximum atomic E-state index is 13.6. The first-order valence-electron chi connectivity index (χ1n) is 6.90. The lowest BCUT2D eigenvalue weighted by Gasteiger charge is -2.07. The molecule has 0 aliphatic rings. The van der Waals surface area contributed by atoms with Crippen molar-refractivity contribution in [2.75, 3.05) is 0 Å². The minimum absolute atomic E-state index is 0.506. The summed E-state index contributed by atoms with van der Waals surface area (Å²) in [6, 6.07) is 11.5. The highest BCUT2D eigenvalue weighted by molar-refractivity contribution is 6.30. The minimum atomic E-state index is -0.894. The molecule has 4 rings (SSSR count). The third-order valence-corrected chi connectivity index (χ3v) is 3.93. The molecule has 0 aliphatic carbocycles. The van der Waals surface area contributed by atoms with E-state index in [1.54, 1.807) is 23.1 Å². The lowest BCUT2D eigenvalue weighted by molar-refractivity contribution is 0.511. The van der Waals surface area contributed by atoms with Crippen molar-refractivity contribution in [1.29, 1.82) is 0 Å². The molecule has 0 amide bonds. The van der Waals surface area contributed by atoms with E-state index in [9.17, 15) is 8.78 Å². The second-order valence-electron chi connectivity index (χ2n) is 5.12. The third kappa shape index (κ3) is 2.29. The van der Waals surface area contributed by atoms with Gasteiger partial charge in [0.25, 0.3) is 0 Å². The summed E-state index contributed by atoms with van der Waals surface area (Å²) in [4.78, 5) is 2.94. The maximum Gasteiger partial charge on any atom is 0.160 e. The lowest BCUT2D eigenvalue weighted by atomic mass is 10.1. The first kappa shape index (κ1) is 14.0. The van der Waals surface area contributed by atoms with Crippen LogP contribution in [0.25, 0.3) is 27.8 Å². The first-order valence-corrected chi connectivity index (χ1v) is 7.28. The Labute approximate surface area is 135 Å². The molecule has 0 fully saturated rings. The number of hydrogen-bond donors (Lipinski definition) is 1. The zero-order chi connectivity index (χ0) is 16.0. The van der Waals surface area contributed by atoms with Crippen molar-refractivity contribution in [3.63, 3.8) is 0 Å². The van der Waals surface area contributed by atoms with E-state index in [1.165, 1.54) is 6.07 Å². The standard InChI is InChI=1S/C17H10ClF2N3/c18-11-3-1-2-10(6-11)16-4-5-22-23(16)17-9-21-15-8-14(20)13(19)7-12(15)17/h1-9,21H. The van der Waals surface area contributed by atoms with Crippen LogP contribution in [0, 0.1) is 11.6 Å². The predicted molar refractivity (Wildman–Crippen MR) is 85.8 cm³/mol. The summed E-state index contributed by atoms with van der Waals surface area (Å²) in [5.41, 5.74) is 2.83. The minimum Gasteiger partial charge on any atom is -0.359 e. The number of halogens is 3. The van der Waals surface area contributed by atoms with Crippen LogP contribution in [0.2, 0.25) is 5.02 Å². The molecule has 4 aromatic rings. The summed E-state index contributed by atoms with van der Waals surface area (Å²) in [5, 5.41) is 5.47. The predicted octanol–water partition coefficient (Wildman–Crippen LogP) is 4.95. The van der Waals surface area contributed by atoms with E-state index in [4.69, 9.17) is 11.6 Å². The summed E-state index contributed by atoms with van der Waals surface area (Å²) in [6.07, 6.45) is 3.32. The Morgan fingerprint density at radius 3 is 2.70 bits per heavy atom. The van der Waals surface area contributed by atoms with E-state index in [0.717, 1.165) is 17.3 Å². The fraction of sp³-hybridized carbons (Fsp3) is 0. The molecule has 0 radical (unpaired) electrons. The molecule has 0 saturated carbocycles. The summed E-state index contributed by atoms with van der Waals surface area (Å²) >= 11 is 6.05. The number of H-pyrrole nitrogens is 1. The smallest absolute Gasteiger partial charge is 0.160 e. The molecular weight excluding hydrogens is 320 g/mol. The normalized spacial score (nSPS) is 11.3. The van der Waals surface area contributed by atoms with E-state index in [2.05, 4.69) is 10.1 Å². The van der Waals surface area contributed by atoms with E-state index >= 15 is 0 Å². The van der Waals surface area contributed by atoms with Gasteiger partial charge in [-0.15, -0.1) is 0 Å². The van der Waals surface area contributed by atoms with Crippen LogP contribution >= 0.6 is 11.6 Å². The van der Waals surface area contributed by atoms with Crippen molar-refractivity contribution >= 4 is 22.5 Å². The number of benzene rings is 2. The summed E-state index contributed by atoms with van der Waals surface area (Å²) in [5.74, 6) is -1.78. The van der Waals surface area contributed by atoms with Gasteiger partial charge in [0.15, 0.2) is 11.6 Å². The van der Waals surface area contributed by atoms with Crippen molar-refractivity contribution < 1.29 is 8.78 Å². The van der Waals surface area contributed by atoms with Gasteiger partial charge in [-0.05, 0) is 24.3 Å². The van der Waals surface area contributed by atoms with E-state index in [1.807, 2.05) is 24.3 Å². The van der Waals surface area contributed by atoms with Crippen molar-refractivity contribution in [1.82, 2.24) is 14.8 Å². The number of nitrogens with one attached hydrogen (secondary N) is 1. The molecule has 2 heterocycles. The molecule has 114 valence electrons. The summed E-state index contributed by atoms with van der Waals surface area (Å²) < 4.78 is 28.6. The highest BCUT2D eigenvalue weighted by Gasteiger charge is 2.14. The van der Waals surface area contributed by atoms with Gasteiger partial charge in [0.2, 0.25) is 0 Å². The Hall–Kier alpha value is -2.66. The highest BCUT2D eigenvalue weighted by atomic mass is 35.5. The van der Waals surface area contributed by atoms with E-state index in [0.29, 0.717) is 21.6 Å². The SMILES string of the molecule is Fc1cc2[nH]cc(-n3nccc3-c3cccc(Cl)c3)c2cc1F. The number of nitrogens with zero attached hydrogens (tertiary/aromatic N) is 2. The Morgan fingerprint density at radius 1 is 1.04 bits per heavy atom. The van der Waals surface area contributed by atoms with Gasteiger partial charge in [-0.2, -0.15) is 5.10 Å². The van der Waals surface area contributed by atoms with Crippen LogP contribution in [0.4, 0.5) is 8.78 Å². The molecule has 0 unspecified atom stereocenters. The van der Waals surface area contributed by atoms with E-state index in [-0.39, 0.29) is 0 Å². The Kier molecular flexibility index (Phi) is 3.16. The Morgan fingerprint density at radius 2 is 1.87 bits per heavy atom. The van der Waals surface area contributed by atoms with Gasteiger partial charge in [-0.3, -0.25) is 0 Å². The van der Waals surface area contributed by atoms with Crippen LogP contribution in [0.3, 0.4) is 0 Å². The summed E-state index contributed by atoms with van der Waals surface area (Å²) in [6.45, 7) is 0. The average molecular weight is 330 g/mol. The molecule has 0 atom stereocenters. The second-order valence-corrected chi connectivity index (χ2v) is 5.56. The molecule has 0 aliphatic heterocycles. The zero-order valence-electron chi connectivity index (χ0n) is 11.7. The van der Waals surface area contributed by atoms with Gasteiger partial charge in [0.1, 0.15) is 0 Å². The zero-order valence-corrected chi connectivity index (χ0v) is 12.5. The third-order valence-electron chi connectivity index (χ3n) is 3.69. The van der Waals surface area contributed by atoms with Crippen molar-refractivity contribution in [2.45, 2.75) is 0 Å².